The molecule has 0 aliphatic heterocycles. The Morgan fingerprint density at radius 3 is 2.14 bits per heavy atom. The first-order valence-corrected chi connectivity index (χ1v) is 8.18. The van der Waals surface area contributed by atoms with Gasteiger partial charge in [-0.15, -0.1) is 0 Å². The van der Waals surface area contributed by atoms with Crippen LogP contribution in [0.4, 0.5) is 17.1 Å². The quantitative estimate of drug-likeness (QED) is 0.283. The van der Waals surface area contributed by atoms with Crippen LogP contribution in [0.5, 0.6) is 11.5 Å². The van der Waals surface area contributed by atoms with E-state index in [4.69, 9.17) is 0 Å². The summed E-state index contributed by atoms with van der Waals surface area (Å²) >= 11 is 0. The number of aromatic hydroxyl groups is 2. The average Bonchev–Trinajstić information content (AvgIpc) is 2.67. The lowest BCUT2D eigenvalue weighted by Crippen LogP contribution is -2.23. The molecule has 0 saturated heterocycles. The monoisotopic (exact) mass is 376 g/mol. The smallest absolute Gasteiger partial charge is 0.322 e. The predicted molar refractivity (Wildman–Crippen MR) is 99.5 cm³/mol. The predicted octanol–water partition coefficient (Wildman–Crippen LogP) is 3.53. The van der Waals surface area contributed by atoms with E-state index in [1.807, 2.05) is 6.07 Å². The molecule has 4 rings (SSSR count). The van der Waals surface area contributed by atoms with Gasteiger partial charge >= 0.3 is 5.69 Å². The maximum atomic E-state index is 13.1. The Hall–Kier alpha value is -4.20. The fraction of sp³-hybridized carbons (Fsp3) is 0. The van der Waals surface area contributed by atoms with Gasteiger partial charge in [0.05, 0.1) is 21.7 Å². The van der Waals surface area contributed by atoms with E-state index in [9.17, 15) is 29.9 Å². The summed E-state index contributed by atoms with van der Waals surface area (Å²) in [6.07, 6.45) is 0. The number of phenolic OH excluding ortho intramolecular Hbond substituents is 2. The Morgan fingerprint density at radius 2 is 1.46 bits per heavy atom. The summed E-state index contributed by atoms with van der Waals surface area (Å²) in [5.74, 6) is -2.77. The molecule has 1 aliphatic carbocycles. The number of phenols is 2. The van der Waals surface area contributed by atoms with Gasteiger partial charge in [0, 0.05) is 11.3 Å². The Kier molecular flexibility index (Phi) is 3.82. The lowest BCUT2D eigenvalue weighted by Gasteiger charge is -2.21. The highest BCUT2D eigenvalue weighted by Gasteiger charge is 2.40. The van der Waals surface area contributed by atoms with Crippen molar-refractivity contribution in [1.29, 1.82) is 0 Å². The molecule has 0 unspecified atom stereocenters. The molecule has 0 heterocycles. The third kappa shape index (κ3) is 2.47. The van der Waals surface area contributed by atoms with Crippen molar-refractivity contribution in [3.8, 4) is 11.5 Å². The second-order valence-electron chi connectivity index (χ2n) is 6.14. The molecule has 0 radical (unpaired) electrons. The molecule has 8 nitrogen and oxygen atoms in total. The zero-order valence-electron chi connectivity index (χ0n) is 14.2. The molecule has 1 aliphatic rings. The second kappa shape index (κ2) is 6.20. The van der Waals surface area contributed by atoms with E-state index < -0.39 is 39.2 Å². The van der Waals surface area contributed by atoms with Crippen LogP contribution >= 0.6 is 0 Å². The second-order valence-corrected chi connectivity index (χ2v) is 6.14. The summed E-state index contributed by atoms with van der Waals surface area (Å²) < 4.78 is 0. The number of anilines is 2. The van der Waals surface area contributed by atoms with Crippen LogP contribution in [0.25, 0.3) is 0 Å². The van der Waals surface area contributed by atoms with E-state index in [1.165, 1.54) is 12.1 Å². The van der Waals surface area contributed by atoms with E-state index in [1.54, 1.807) is 24.3 Å². The van der Waals surface area contributed by atoms with Crippen LogP contribution in [-0.2, 0) is 0 Å². The molecule has 0 atom stereocenters. The molecule has 3 N–H and O–H groups in total. The van der Waals surface area contributed by atoms with Gasteiger partial charge < -0.3 is 15.5 Å². The van der Waals surface area contributed by atoms with Gasteiger partial charge in [0.1, 0.15) is 11.3 Å². The van der Waals surface area contributed by atoms with Crippen molar-refractivity contribution in [3.05, 3.63) is 87.0 Å². The number of nitrogens with one attached hydrogen (secondary N) is 1. The van der Waals surface area contributed by atoms with Gasteiger partial charge in [-0.3, -0.25) is 19.7 Å². The number of ketones is 2. The molecule has 0 aromatic heterocycles. The normalized spacial score (nSPS) is 12.3. The number of rotatable bonds is 3. The highest BCUT2D eigenvalue weighted by atomic mass is 16.6. The fourth-order valence-electron chi connectivity index (χ4n) is 3.28. The highest BCUT2D eigenvalue weighted by Crippen LogP contribution is 2.43. The van der Waals surface area contributed by atoms with Crippen molar-refractivity contribution in [1.82, 2.24) is 0 Å². The summed E-state index contributed by atoms with van der Waals surface area (Å²) in [6, 6.07) is 13.7. The fourth-order valence-corrected chi connectivity index (χ4v) is 3.28. The number of carbonyl (C=O) groups is 2. The molecular formula is C20H12N2O6. The molecule has 8 heteroatoms. The minimum Gasteiger partial charge on any atom is -0.507 e. The van der Waals surface area contributed by atoms with Crippen molar-refractivity contribution < 1.29 is 24.7 Å². The van der Waals surface area contributed by atoms with Gasteiger partial charge in [-0.1, -0.05) is 18.2 Å². The molecule has 0 spiro atoms. The minimum atomic E-state index is -0.923. The molecule has 28 heavy (non-hydrogen) atoms. The molecule has 0 bridgehead atoms. The van der Waals surface area contributed by atoms with Gasteiger partial charge in [0.25, 0.3) is 0 Å². The van der Waals surface area contributed by atoms with Gasteiger partial charge in [-0.25, -0.2) is 0 Å². The zero-order chi connectivity index (χ0) is 20.0. The van der Waals surface area contributed by atoms with Crippen LogP contribution < -0.4 is 5.32 Å². The highest BCUT2D eigenvalue weighted by molar-refractivity contribution is 6.32. The summed E-state index contributed by atoms with van der Waals surface area (Å²) in [4.78, 5) is 36.5. The lowest BCUT2D eigenvalue weighted by atomic mass is 9.81. The first-order valence-electron chi connectivity index (χ1n) is 8.18. The van der Waals surface area contributed by atoms with Crippen LogP contribution in [0.1, 0.15) is 31.8 Å². The molecule has 0 amide bonds. The molecule has 0 fully saturated rings. The Balaban J connectivity index is 1.96. The maximum absolute atomic E-state index is 13.1. The first-order chi connectivity index (χ1) is 13.4. The standard InChI is InChI=1S/C20H12N2O6/c23-13-9-7-12(21-10-4-2-1-3-5-10)16-17(13)20(26)15-11(19(16)25)6-8-14(24)18(15)22(27)28/h1-9,21,23-24H. The van der Waals surface area contributed by atoms with Crippen molar-refractivity contribution in [2.75, 3.05) is 5.32 Å². The largest absolute Gasteiger partial charge is 0.507 e. The van der Waals surface area contributed by atoms with Gasteiger partial charge in [0.2, 0.25) is 5.78 Å². The van der Waals surface area contributed by atoms with Crippen LogP contribution in [0, 0.1) is 10.1 Å². The van der Waals surface area contributed by atoms with E-state index >= 15 is 0 Å². The number of nitrogens with zero attached hydrogens (tertiary/aromatic N) is 1. The van der Waals surface area contributed by atoms with Gasteiger partial charge in [-0.2, -0.15) is 0 Å². The van der Waals surface area contributed by atoms with Gasteiger partial charge in [0.15, 0.2) is 11.5 Å². The van der Waals surface area contributed by atoms with Crippen molar-refractivity contribution in [2.45, 2.75) is 0 Å². The Bertz CT molecular complexity index is 1170. The number of hydrogen-bond donors (Lipinski definition) is 3. The summed E-state index contributed by atoms with van der Waals surface area (Å²) in [7, 11) is 0. The van der Waals surface area contributed by atoms with Crippen LogP contribution in [0.15, 0.2) is 54.6 Å². The van der Waals surface area contributed by atoms with Crippen LogP contribution in [0.2, 0.25) is 0 Å². The summed E-state index contributed by atoms with van der Waals surface area (Å²) in [5.41, 5.74) is -1.09. The van der Waals surface area contributed by atoms with E-state index in [-0.39, 0.29) is 22.4 Å². The minimum absolute atomic E-state index is 0.0821. The molecule has 0 saturated carbocycles. The summed E-state index contributed by atoms with van der Waals surface area (Å²) in [6.45, 7) is 0. The first kappa shape index (κ1) is 17.2. The molecule has 3 aromatic carbocycles. The third-order valence-electron chi connectivity index (χ3n) is 4.50. The van der Waals surface area contributed by atoms with E-state index in [0.29, 0.717) is 5.69 Å². The molecule has 3 aromatic rings. The maximum Gasteiger partial charge on any atom is 0.322 e. The van der Waals surface area contributed by atoms with Crippen LogP contribution in [0.3, 0.4) is 0 Å². The van der Waals surface area contributed by atoms with Crippen molar-refractivity contribution in [2.24, 2.45) is 0 Å². The number of nitro benzene ring substituents is 1. The number of benzene rings is 3. The SMILES string of the molecule is O=C1c2ccc(O)c([N+](=O)[O-])c2C(=O)c2c(O)ccc(Nc3ccccc3)c21. The van der Waals surface area contributed by atoms with Crippen molar-refractivity contribution >= 4 is 28.6 Å². The number of hydrogen-bond acceptors (Lipinski definition) is 7. The number of carbonyl (C=O) groups excluding carboxylic acids is 2. The van der Waals surface area contributed by atoms with E-state index in [2.05, 4.69) is 5.32 Å². The third-order valence-corrected chi connectivity index (χ3v) is 4.50. The number of para-hydroxylation sites is 1. The average molecular weight is 376 g/mol. The number of fused-ring (bicyclic) bond motifs is 2. The van der Waals surface area contributed by atoms with Crippen molar-refractivity contribution in [3.63, 3.8) is 0 Å². The van der Waals surface area contributed by atoms with E-state index in [0.717, 1.165) is 12.1 Å². The number of nitro groups is 1. The molecular weight excluding hydrogens is 364 g/mol. The lowest BCUT2D eigenvalue weighted by molar-refractivity contribution is -0.386. The van der Waals surface area contributed by atoms with Gasteiger partial charge in [-0.05, 0) is 36.4 Å². The Labute approximate surface area is 157 Å². The summed E-state index contributed by atoms with van der Waals surface area (Å²) in [5, 5.41) is 34.4. The van der Waals surface area contributed by atoms with Crippen LogP contribution in [-0.4, -0.2) is 26.7 Å². The topological polar surface area (TPSA) is 130 Å². The Morgan fingerprint density at radius 1 is 0.786 bits per heavy atom. The zero-order valence-corrected chi connectivity index (χ0v) is 14.2. The molecule has 138 valence electrons.